The smallest absolute Gasteiger partial charge is 0.169 e. The van der Waals surface area contributed by atoms with Crippen molar-refractivity contribution in [3.63, 3.8) is 0 Å². The Morgan fingerprint density at radius 3 is 2.62 bits per heavy atom. The highest BCUT2D eigenvalue weighted by atomic mass is 79.9. The van der Waals surface area contributed by atoms with Crippen LogP contribution in [0.4, 0.5) is 5.69 Å². The molecule has 2 aromatic rings. The fraction of sp³-hybridized carbons (Fsp3) is 0.0909. The summed E-state index contributed by atoms with van der Waals surface area (Å²) in [6.07, 6.45) is 0. The van der Waals surface area contributed by atoms with Gasteiger partial charge in [-0.25, -0.2) is 0 Å². The summed E-state index contributed by atoms with van der Waals surface area (Å²) in [6, 6.07) is 9.66. The van der Waals surface area contributed by atoms with Gasteiger partial charge >= 0.3 is 0 Å². The molecule has 2 N–H and O–H groups in total. The molecule has 0 amide bonds. The van der Waals surface area contributed by atoms with Gasteiger partial charge in [0.05, 0.1) is 5.75 Å². The highest BCUT2D eigenvalue weighted by molar-refractivity contribution is 9.10. The van der Waals surface area contributed by atoms with Crippen LogP contribution < -0.4 is 5.73 Å². The summed E-state index contributed by atoms with van der Waals surface area (Å²) >= 11 is 8.47. The molecular formula is C11H9Br2NOS. The van der Waals surface area contributed by atoms with Gasteiger partial charge in [-0.05, 0) is 62.2 Å². The van der Waals surface area contributed by atoms with Crippen LogP contribution >= 0.6 is 43.6 Å². The molecule has 2 nitrogen and oxygen atoms in total. The van der Waals surface area contributed by atoms with Crippen molar-refractivity contribution < 1.29 is 4.42 Å². The van der Waals surface area contributed by atoms with Crippen molar-refractivity contribution in [2.45, 2.75) is 10.6 Å². The van der Waals surface area contributed by atoms with Crippen LogP contribution in [0.2, 0.25) is 0 Å². The Morgan fingerprint density at radius 2 is 2.00 bits per heavy atom. The van der Waals surface area contributed by atoms with E-state index >= 15 is 0 Å². The van der Waals surface area contributed by atoms with Gasteiger partial charge < -0.3 is 10.2 Å². The number of nitrogens with two attached hydrogens (primary N) is 1. The van der Waals surface area contributed by atoms with Crippen LogP contribution in [-0.4, -0.2) is 0 Å². The van der Waals surface area contributed by atoms with Gasteiger partial charge in [0.15, 0.2) is 4.67 Å². The Balaban J connectivity index is 2.04. The van der Waals surface area contributed by atoms with Crippen LogP contribution in [0.1, 0.15) is 5.76 Å². The van der Waals surface area contributed by atoms with Crippen molar-refractivity contribution in [2.24, 2.45) is 0 Å². The summed E-state index contributed by atoms with van der Waals surface area (Å²) in [5.41, 5.74) is 6.44. The van der Waals surface area contributed by atoms with E-state index in [1.54, 1.807) is 11.8 Å². The summed E-state index contributed by atoms with van der Waals surface area (Å²) < 4.78 is 7.20. The lowest BCUT2D eigenvalue weighted by molar-refractivity contribution is 0.507. The van der Waals surface area contributed by atoms with Gasteiger partial charge in [0, 0.05) is 15.1 Å². The average Bonchev–Trinajstić information content (AvgIpc) is 2.63. The number of hydrogen-bond acceptors (Lipinski definition) is 3. The number of halogens is 2. The van der Waals surface area contributed by atoms with Crippen molar-refractivity contribution in [2.75, 3.05) is 5.73 Å². The van der Waals surface area contributed by atoms with Crippen LogP contribution in [0.5, 0.6) is 0 Å². The maximum absolute atomic E-state index is 5.67. The van der Waals surface area contributed by atoms with E-state index in [-0.39, 0.29) is 0 Å². The number of anilines is 1. The van der Waals surface area contributed by atoms with Gasteiger partial charge in [-0.2, -0.15) is 0 Å². The molecule has 2 rings (SSSR count). The number of thioether (sulfide) groups is 1. The molecule has 0 bridgehead atoms. The SMILES string of the molecule is Nc1ccc(SCc2ccc(Br)o2)c(Br)c1. The molecule has 16 heavy (non-hydrogen) atoms. The number of furan rings is 1. The molecule has 1 heterocycles. The van der Waals surface area contributed by atoms with Crippen molar-refractivity contribution in [1.29, 1.82) is 0 Å². The van der Waals surface area contributed by atoms with E-state index in [9.17, 15) is 0 Å². The molecular weight excluding hydrogens is 354 g/mol. The molecule has 0 saturated heterocycles. The lowest BCUT2D eigenvalue weighted by Crippen LogP contribution is -1.85. The Morgan fingerprint density at radius 1 is 1.19 bits per heavy atom. The minimum atomic E-state index is 0.761. The van der Waals surface area contributed by atoms with Crippen molar-refractivity contribution in [3.8, 4) is 0 Å². The van der Waals surface area contributed by atoms with E-state index < -0.39 is 0 Å². The van der Waals surface area contributed by atoms with E-state index in [0.29, 0.717) is 0 Å². The number of hydrogen-bond donors (Lipinski definition) is 1. The Labute approximate surface area is 115 Å². The third kappa shape index (κ3) is 3.06. The minimum Gasteiger partial charge on any atom is -0.453 e. The van der Waals surface area contributed by atoms with Crippen LogP contribution in [-0.2, 0) is 5.75 Å². The van der Waals surface area contributed by atoms with E-state index in [2.05, 4.69) is 31.9 Å². The van der Waals surface area contributed by atoms with Crippen molar-refractivity contribution in [1.82, 2.24) is 0 Å². The molecule has 0 fully saturated rings. The Bertz CT molecular complexity index is 498. The standard InChI is InChI=1S/C11H9Br2NOS/c12-9-5-7(14)1-3-10(9)16-6-8-2-4-11(13)15-8/h1-5H,6,14H2. The Hall–Kier alpha value is -0.390. The maximum Gasteiger partial charge on any atom is 0.169 e. The van der Waals surface area contributed by atoms with E-state index in [0.717, 1.165) is 31.2 Å². The first kappa shape index (κ1) is 12.1. The molecule has 5 heteroatoms. The van der Waals surface area contributed by atoms with Gasteiger partial charge in [0.1, 0.15) is 5.76 Å². The molecule has 84 valence electrons. The zero-order chi connectivity index (χ0) is 11.5. The third-order valence-corrected chi connectivity index (χ3v) is 4.40. The second-order valence-corrected chi connectivity index (χ2v) is 5.84. The quantitative estimate of drug-likeness (QED) is 0.636. The zero-order valence-corrected chi connectivity index (χ0v) is 12.2. The first-order valence-corrected chi connectivity index (χ1v) is 7.14. The fourth-order valence-electron chi connectivity index (χ4n) is 1.21. The van der Waals surface area contributed by atoms with Crippen molar-refractivity contribution in [3.05, 3.63) is 45.2 Å². The summed E-state index contributed by atoms with van der Waals surface area (Å²) in [6.45, 7) is 0. The second kappa shape index (κ2) is 5.29. The minimum absolute atomic E-state index is 0.761. The lowest BCUT2D eigenvalue weighted by Gasteiger charge is -2.03. The lowest BCUT2D eigenvalue weighted by atomic mass is 10.3. The van der Waals surface area contributed by atoms with Crippen LogP contribution in [0.15, 0.2) is 48.8 Å². The highest BCUT2D eigenvalue weighted by Crippen LogP contribution is 2.32. The van der Waals surface area contributed by atoms with Crippen LogP contribution in [0, 0.1) is 0 Å². The molecule has 0 aliphatic heterocycles. The van der Waals surface area contributed by atoms with Crippen LogP contribution in [0.3, 0.4) is 0 Å². The molecule has 1 aromatic carbocycles. The topological polar surface area (TPSA) is 39.2 Å². The van der Waals surface area contributed by atoms with E-state index in [1.165, 1.54) is 0 Å². The molecule has 0 spiro atoms. The number of nitrogen functional groups attached to an aromatic ring is 1. The average molecular weight is 363 g/mol. The molecule has 0 aliphatic rings. The molecule has 0 radical (unpaired) electrons. The first-order valence-electron chi connectivity index (χ1n) is 4.57. The highest BCUT2D eigenvalue weighted by Gasteiger charge is 2.04. The van der Waals surface area contributed by atoms with Gasteiger partial charge in [-0.1, -0.05) is 0 Å². The van der Waals surface area contributed by atoms with Gasteiger partial charge in [0.25, 0.3) is 0 Å². The maximum atomic E-state index is 5.67. The fourth-order valence-corrected chi connectivity index (χ4v) is 3.11. The summed E-state index contributed by atoms with van der Waals surface area (Å²) in [5, 5.41) is 0. The van der Waals surface area contributed by atoms with E-state index in [1.807, 2.05) is 30.3 Å². The largest absolute Gasteiger partial charge is 0.453 e. The molecule has 0 saturated carbocycles. The number of benzene rings is 1. The molecule has 1 aromatic heterocycles. The molecule has 0 aliphatic carbocycles. The van der Waals surface area contributed by atoms with E-state index in [4.69, 9.17) is 10.2 Å². The zero-order valence-electron chi connectivity index (χ0n) is 8.24. The normalized spacial score (nSPS) is 10.6. The Kier molecular flexibility index (Phi) is 4.00. The predicted octanol–water partition coefficient (Wildman–Crippen LogP) is 4.68. The second-order valence-electron chi connectivity index (χ2n) is 3.18. The van der Waals surface area contributed by atoms with Gasteiger partial charge in [-0.15, -0.1) is 11.8 Å². The summed E-state index contributed by atoms with van der Waals surface area (Å²) in [4.78, 5) is 1.15. The predicted molar refractivity (Wildman–Crippen MR) is 74.5 cm³/mol. The summed E-state index contributed by atoms with van der Waals surface area (Å²) in [7, 11) is 0. The summed E-state index contributed by atoms with van der Waals surface area (Å²) in [5.74, 6) is 1.74. The molecule has 0 unspecified atom stereocenters. The van der Waals surface area contributed by atoms with Gasteiger partial charge in [0.2, 0.25) is 0 Å². The monoisotopic (exact) mass is 361 g/mol. The van der Waals surface area contributed by atoms with Gasteiger partial charge in [-0.3, -0.25) is 0 Å². The van der Waals surface area contributed by atoms with Crippen LogP contribution in [0.25, 0.3) is 0 Å². The third-order valence-electron chi connectivity index (χ3n) is 1.95. The number of rotatable bonds is 3. The van der Waals surface area contributed by atoms with Crippen molar-refractivity contribution >= 4 is 49.3 Å². The first-order chi connectivity index (χ1) is 7.65. The molecule has 0 atom stereocenters.